The number of carbonyl (C=O) groups excluding carboxylic acids is 1. The highest BCUT2D eigenvalue weighted by Gasteiger charge is 2.05. The van der Waals surface area contributed by atoms with Crippen molar-refractivity contribution >= 4 is 12.0 Å². The molecule has 1 aromatic rings. The van der Waals surface area contributed by atoms with Gasteiger partial charge in [0, 0.05) is 6.42 Å². The molecule has 0 heterocycles. The van der Waals surface area contributed by atoms with E-state index < -0.39 is 0 Å². The molecular weight excluding hydrogens is 246 g/mol. The SMILES string of the molecule is CC.CCc1cc(/C=C(\C)CC(N)=O)c(C)c(CC)c1. The molecule has 2 heteroatoms. The second-order valence-electron chi connectivity index (χ2n) is 4.81. The van der Waals surface area contributed by atoms with Crippen LogP contribution in [0.25, 0.3) is 6.08 Å². The van der Waals surface area contributed by atoms with Gasteiger partial charge in [-0.3, -0.25) is 4.79 Å². The minimum atomic E-state index is -0.274. The van der Waals surface area contributed by atoms with E-state index in [9.17, 15) is 4.79 Å². The Morgan fingerprint density at radius 3 is 2.25 bits per heavy atom. The maximum Gasteiger partial charge on any atom is 0.221 e. The van der Waals surface area contributed by atoms with Gasteiger partial charge in [0.2, 0.25) is 5.91 Å². The maximum absolute atomic E-state index is 10.9. The van der Waals surface area contributed by atoms with Crippen molar-refractivity contribution in [1.82, 2.24) is 0 Å². The fraction of sp³-hybridized carbons (Fsp3) is 0.500. The first kappa shape index (κ1) is 18.4. The van der Waals surface area contributed by atoms with Crippen molar-refractivity contribution in [2.45, 2.75) is 60.8 Å². The Balaban J connectivity index is 0.00000172. The third kappa shape index (κ3) is 5.60. The largest absolute Gasteiger partial charge is 0.369 e. The summed E-state index contributed by atoms with van der Waals surface area (Å²) in [7, 11) is 0. The lowest BCUT2D eigenvalue weighted by Crippen LogP contribution is -2.10. The highest BCUT2D eigenvalue weighted by atomic mass is 16.1. The zero-order valence-corrected chi connectivity index (χ0v) is 13.8. The number of primary amides is 1. The van der Waals surface area contributed by atoms with Crippen LogP contribution in [0.15, 0.2) is 17.7 Å². The lowest BCUT2D eigenvalue weighted by atomic mass is 9.94. The fourth-order valence-corrected chi connectivity index (χ4v) is 2.18. The van der Waals surface area contributed by atoms with Crippen LogP contribution in [0.2, 0.25) is 0 Å². The van der Waals surface area contributed by atoms with Crippen LogP contribution >= 0.6 is 0 Å². The molecule has 2 N–H and O–H groups in total. The number of hydrogen-bond donors (Lipinski definition) is 1. The van der Waals surface area contributed by atoms with Crippen LogP contribution in [-0.2, 0) is 17.6 Å². The number of aryl methyl sites for hydroxylation is 2. The first-order chi connectivity index (χ1) is 9.47. The van der Waals surface area contributed by atoms with Crippen LogP contribution < -0.4 is 5.73 Å². The summed E-state index contributed by atoms with van der Waals surface area (Å²) in [4.78, 5) is 10.9. The van der Waals surface area contributed by atoms with Gasteiger partial charge in [-0.15, -0.1) is 0 Å². The molecule has 0 spiro atoms. The van der Waals surface area contributed by atoms with E-state index in [1.54, 1.807) is 0 Å². The van der Waals surface area contributed by atoms with Gasteiger partial charge in [-0.05, 0) is 48.9 Å². The van der Waals surface area contributed by atoms with Crippen LogP contribution in [0.5, 0.6) is 0 Å². The van der Waals surface area contributed by atoms with Crippen molar-refractivity contribution in [2.24, 2.45) is 5.73 Å². The van der Waals surface area contributed by atoms with E-state index in [0.29, 0.717) is 6.42 Å². The monoisotopic (exact) mass is 275 g/mol. The van der Waals surface area contributed by atoms with Crippen molar-refractivity contribution < 1.29 is 4.79 Å². The summed E-state index contributed by atoms with van der Waals surface area (Å²) in [6, 6.07) is 4.48. The Kier molecular flexibility index (Phi) is 8.62. The molecule has 0 unspecified atom stereocenters. The number of hydrogen-bond acceptors (Lipinski definition) is 1. The molecule has 1 aromatic carbocycles. The molecular formula is C18H29NO. The molecule has 20 heavy (non-hydrogen) atoms. The molecule has 1 amide bonds. The maximum atomic E-state index is 10.9. The second kappa shape index (κ2) is 9.35. The summed E-state index contributed by atoms with van der Waals surface area (Å²) >= 11 is 0. The molecule has 0 fully saturated rings. The number of amides is 1. The summed E-state index contributed by atoms with van der Waals surface area (Å²) < 4.78 is 0. The molecule has 0 radical (unpaired) electrons. The van der Waals surface area contributed by atoms with Gasteiger partial charge in [-0.2, -0.15) is 0 Å². The Morgan fingerprint density at radius 2 is 1.80 bits per heavy atom. The molecule has 0 aromatic heterocycles. The van der Waals surface area contributed by atoms with Crippen LogP contribution in [0.3, 0.4) is 0 Å². The minimum Gasteiger partial charge on any atom is -0.369 e. The number of rotatable bonds is 5. The lowest BCUT2D eigenvalue weighted by molar-refractivity contribution is -0.117. The van der Waals surface area contributed by atoms with Gasteiger partial charge in [-0.1, -0.05) is 51.5 Å². The number of benzene rings is 1. The fourth-order valence-electron chi connectivity index (χ4n) is 2.18. The van der Waals surface area contributed by atoms with Gasteiger partial charge < -0.3 is 5.73 Å². The Morgan fingerprint density at radius 1 is 1.20 bits per heavy atom. The average Bonchev–Trinajstić information content (AvgIpc) is 2.42. The zero-order chi connectivity index (χ0) is 15.7. The standard InChI is InChI=1S/C16H23NO.C2H6/c1-5-13-9-14(6-2)12(4)15(10-13)7-11(3)8-16(17)18;1-2/h7,9-10H,5-6,8H2,1-4H3,(H2,17,18);1-2H3/b11-7+;. The summed E-state index contributed by atoms with van der Waals surface area (Å²) in [5.74, 6) is -0.274. The van der Waals surface area contributed by atoms with E-state index in [1.807, 2.05) is 20.8 Å². The smallest absolute Gasteiger partial charge is 0.221 e. The van der Waals surface area contributed by atoms with Crippen LogP contribution in [-0.4, -0.2) is 5.91 Å². The summed E-state index contributed by atoms with van der Waals surface area (Å²) in [6.45, 7) is 12.4. The summed E-state index contributed by atoms with van der Waals surface area (Å²) in [5.41, 5.74) is 11.5. The molecule has 0 saturated carbocycles. The van der Waals surface area contributed by atoms with Crippen molar-refractivity contribution in [3.63, 3.8) is 0 Å². The van der Waals surface area contributed by atoms with E-state index in [0.717, 1.165) is 18.4 Å². The number of nitrogens with two attached hydrogens (primary N) is 1. The average molecular weight is 275 g/mol. The predicted molar refractivity (Wildman–Crippen MR) is 88.7 cm³/mol. The molecule has 0 aliphatic heterocycles. The van der Waals surface area contributed by atoms with E-state index in [2.05, 4.69) is 39.0 Å². The third-order valence-corrected chi connectivity index (χ3v) is 3.26. The van der Waals surface area contributed by atoms with Crippen LogP contribution in [0.1, 0.15) is 63.3 Å². The normalized spacial score (nSPS) is 10.8. The summed E-state index contributed by atoms with van der Waals surface area (Å²) in [6.07, 6.45) is 4.48. The van der Waals surface area contributed by atoms with Crippen molar-refractivity contribution in [3.8, 4) is 0 Å². The quantitative estimate of drug-likeness (QED) is 0.849. The van der Waals surface area contributed by atoms with Gasteiger partial charge >= 0.3 is 0 Å². The molecule has 2 nitrogen and oxygen atoms in total. The highest BCUT2D eigenvalue weighted by molar-refractivity contribution is 5.78. The molecule has 0 aliphatic rings. The molecule has 0 atom stereocenters. The van der Waals surface area contributed by atoms with Crippen molar-refractivity contribution in [2.75, 3.05) is 0 Å². The van der Waals surface area contributed by atoms with E-state index in [4.69, 9.17) is 5.73 Å². The van der Waals surface area contributed by atoms with Crippen molar-refractivity contribution in [1.29, 1.82) is 0 Å². The topological polar surface area (TPSA) is 43.1 Å². The first-order valence-corrected chi connectivity index (χ1v) is 7.55. The molecule has 112 valence electrons. The van der Waals surface area contributed by atoms with Gasteiger partial charge in [0.25, 0.3) is 0 Å². The summed E-state index contributed by atoms with van der Waals surface area (Å²) in [5, 5.41) is 0. The Bertz CT molecular complexity index is 473. The number of carbonyl (C=O) groups is 1. The van der Waals surface area contributed by atoms with Gasteiger partial charge in [-0.25, -0.2) is 0 Å². The molecule has 0 bridgehead atoms. The van der Waals surface area contributed by atoms with Gasteiger partial charge in [0.15, 0.2) is 0 Å². The second-order valence-corrected chi connectivity index (χ2v) is 4.81. The van der Waals surface area contributed by atoms with E-state index in [-0.39, 0.29) is 5.91 Å². The van der Waals surface area contributed by atoms with Gasteiger partial charge in [0.05, 0.1) is 0 Å². The van der Waals surface area contributed by atoms with Crippen LogP contribution in [0.4, 0.5) is 0 Å². The Hall–Kier alpha value is -1.57. The first-order valence-electron chi connectivity index (χ1n) is 7.55. The van der Waals surface area contributed by atoms with Crippen molar-refractivity contribution in [3.05, 3.63) is 40.0 Å². The molecule has 1 rings (SSSR count). The highest BCUT2D eigenvalue weighted by Crippen LogP contribution is 2.21. The lowest BCUT2D eigenvalue weighted by Gasteiger charge is -2.11. The van der Waals surface area contributed by atoms with Gasteiger partial charge in [0.1, 0.15) is 0 Å². The molecule has 0 aliphatic carbocycles. The van der Waals surface area contributed by atoms with E-state index >= 15 is 0 Å². The third-order valence-electron chi connectivity index (χ3n) is 3.26. The zero-order valence-electron chi connectivity index (χ0n) is 13.8. The van der Waals surface area contributed by atoms with E-state index in [1.165, 1.54) is 22.3 Å². The predicted octanol–water partition coefficient (Wildman–Crippen LogP) is 4.42. The molecule has 0 saturated heterocycles. The van der Waals surface area contributed by atoms with Crippen LogP contribution in [0, 0.1) is 6.92 Å². The Labute approximate surface area is 124 Å². The minimum absolute atomic E-state index is 0.274.